The van der Waals surface area contributed by atoms with Crippen molar-refractivity contribution < 1.29 is 14.5 Å². The summed E-state index contributed by atoms with van der Waals surface area (Å²) >= 11 is 5.82. The van der Waals surface area contributed by atoms with Crippen LogP contribution >= 0.6 is 11.6 Å². The molecule has 0 saturated heterocycles. The number of nitro groups is 1. The zero-order chi connectivity index (χ0) is 21.1. The fourth-order valence-electron chi connectivity index (χ4n) is 2.90. The molecule has 0 aliphatic heterocycles. The first-order valence-corrected chi connectivity index (χ1v) is 9.12. The van der Waals surface area contributed by atoms with E-state index in [1.165, 1.54) is 24.3 Å². The quantitative estimate of drug-likeness (QED) is 0.350. The minimum absolute atomic E-state index is 0.0625. The Bertz CT molecular complexity index is 1140. The van der Waals surface area contributed by atoms with Gasteiger partial charge < -0.3 is 5.32 Å². The van der Waals surface area contributed by atoms with Crippen LogP contribution in [0, 0.1) is 24.0 Å². The Labute approximate surface area is 172 Å². The van der Waals surface area contributed by atoms with Gasteiger partial charge in [0.15, 0.2) is 5.78 Å². The highest BCUT2D eigenvalue weighted by Gasteiger charge is 2.22. The van der Waals surface area contributed by atoms with Crippen LogP contribution < -0.4 is 5.32 Å². The van der Waals surface area contributed by atoms with Gasteiger partial charge in [0.05, 0.1) is 10.5 Å². The van der Waals surface area contributed by atoms with Crippen molar-refractivity contribution in [2.45, 2.75) is 13.8 Å². The minimum Gasteiger partial charge on any atom is -0.322 e. The lowest BCUT2D eigenvalue weighted by Crippen LogP contribution is -2.17. The molecule has 146 valence electrons. The fourth-order valence-corrected chi connectivity index (χ4v) is 3.09. The van der Waals surface area contributed by atoms with Crippen molar-refractivity contribution in [3.8, 4) is 0 Å². The number of carbonyl (C=O) groups is 2. The summed E-state index contributed by atoms with van der Waals surface area (Å²) in [5.74, 6) is -0.942. The van der Waals surface area contributed by atoms with Crippen molar-refractivity contribution in [3.63, 3.8) is 0 Å². The molecule has 0 aliphatic carbocycles. The fraction of sp³-hybridized carbons (Fsp3) is 0.0909. The molecular formula is C22H17ClN2O4. The van der Waals surface area contributed by atoms with Gasteiger partial charge in [-0.1, -0.05) is 41.9 Å². The van der Waals surface area contributed by atoms with Crippen molar-refractivity contribution in [3.05, 3.63) is 104 Å². The second kappa shape index (κ2) is 8.24. The molecule has 3 rings (SSSR count). The minimum atomic E-state index is -0.655. The summed E-state index contributed by atoms with van der Waals surface area (Å²) < 4.78 is 0. The maximum atomic E-state index is 13.0. The molecule has 0 radical (unpaired) electrons. The third kappa shape index (κ3) is 4.17. The van der Waals surface area contributed by atoms with E-state index in [4.69, 9.17) is 11.6 Å². The lowest BCUT2D eigenvalue weighted by molar-refractivity contribution is -0.384. The number of amides is 1. The van der Waals surface area contributed by atoms with Crippen LogP contribution in [0.3, 0.4) is 0 Å². The summed E-state index contributed by atoms with van der Waals surface area (Å²) in [5, 5.41) is 13.9. The summed E-state index contributed by atoms with van der Waals surface area (Å²) in [7, 11) is 0. The first kappa shape index (κ1) is 20.2. The van der Waals surface area contributed by atoms with Crippen LogP contribution in [0.5, 0.6) is 0 Å². The van der Waals surface area contributed by atoms with Gasteiger partial charge >= 0.3 is 0 Å². The molecule has 0 unspecified atom stereocenters. The molecule has 0 aromatic heterocycles. The number of ketones is 1. The van der Waals surface area contributed by atoms with Crippen LogP contribution in [0.15, 0.2) is 60.7 Å². The number of hydrogen-bond donors (Lipinski definition) is 1. The van der Waals surface area contributed by atoms with Gasteiger partial charge in [-0.3, -0.25) is 19.7 Å². The van der Waals surface area contributed by atoms with Gasteiger partial charge in [0, 0.05) is 22.9 Å². The van der Waals surface area contributed by atoms with Crippen LogP contribution in [0.4, 0.5) is 11.4 Å². The van der Waals surface area contributed by atoms with Crippen molar-refractivity contribution in [1.82, 2.24) is 0 Å². The van der Waals surface area contributed by atoms with E-state index in [0.717, 1.165) is 17.2 Å². The van der Waals surface area contributed by atoms with Crippen LogP contribution in [-0.2, 0) is 0 Å². The van der Waals surface area contributed by atoms with Crippen LogP contribution in [0.1, 0.15) is 37.4 Å². The van der Waals surface area contributed by atoms with Gasteiger partial charge in [0.1, 0.15) is 5.02 Å². The molecular weight excluding hydrogens is 392 g/mol. The van der Waals surface area contributed by atoms with Crippen molar-refractivity contribution in [2.75, 3.05) is 5.32 Å². The second-order valence-corrected chi connectivity index (χ2v) is 6.91. The van der Waals surface area contributed by atoms with E-state index in [1.54, 1.807) is 18.2 Å². The van der Waals surface area contributed by atoms with E-state index >= 15 is 0 Å². The number of aryl methyl sites for hydroxylation is 1. The van der Waals surface area contributed by atoms with E-state index in [-0.39, 0.29) is 27.4 Å². The molecule has 6 nitrogen and oxygen atoms in total. The molecule has 0 bridgehead atoms. The first-order chi connectivity index (χ1) is 13.8. The number of halogens is 1. The normalized spacial score (nSPS) is 10.4. The number of benzene rings is 3. The van der Waals surface area contributed by atoms with E-state index in [2.05, 4.69) is 5.32 Å². The van der Waals surface area contributed by atoms with Gasteiger partial charge in [-0.2, -0.15) is 0 Å². The Morgan fingerprint density at radius 2 is 1.66 bits per heavy atom. The third-order valence-corrected chi connectivity index (χ3v) is 4.99. The number of anilines is 1. The standard InChI is InChI=1S/C22H17ClN2O4/c1-13-6-5-9-19(14(13)2)24-22(27)17-8-4-3-7-16(17)21(26)15-10-11-18(23)20(12-15)25(28)29/h3-12H,1-2H3,(H,24,27). The van der Waals surface area contributed by atoms with Crippen molar-refractivity contribution >= 4 is 34.7 Å². The zero-order valence-electron chi connectivity index (χ0n) is 15.7. The molecule has 0 heterocycles. The number of rotatable bonds is 5. The Morgan fingerprint density at radius 1 is 0.966 bits per heavy atom. The number of nitro benzene ring substituents is 1. The molecule has 29 heavy (non-hydrogen) atoms. The highest BCUT2D eigenvalue weighted by Crippen LogP contribution is 2.27. The highest BCUT2D eigenvalue weighted by molar-refractivity contribution is 6.33. The average molecular weight is 409 g/mol. The van der Waals surface area contributed by atoms with Crippen LogP contribution in [-0.4, -0.2) is 16.6 Å². The monoisotopic (exact) mass is 408 g/mol. The number of nitrogens with one attached hydrogen (secondary N) is 1. The Kier molecular flexibility index (Phi) is 5.75. The first-order valence-electron chi connectivity index (χ1n) is 8.75. The van der Waals surface area contributed by atoms with Crippen LogP contribution in [0.25, 0.3) is 0 Å². The van der Waals surface area contributed by atoms with Gasteiger partial charge in [-0.15, -0.1) is 0 Å². The Balaban J connectivity index is 1.98. The van der Waals surface area contributed by atoms with Crippen LogP contribution in [0.2, 0.25) is 5.02 Å². The van der Waals surface area contributed by atoms with Gasteiger partial charge in [0.2, 0.25) is 0 Å². The van der Waals surface area contributed by atoms with Gasteiger partial charge in [-0.05, 0) is 49.2 Å². The van der Waals surface area contributed by atoms with Crippen molar-refractivity contribution in [2.24, 2.45) is 0 Å². The van der Waals surface area contributed by atoms with Gasteiger partial charge in [0.25, 0.3) is 11.6 Å². The SMILES string of the molecule is Cc1cccc(NC(=O)c2ccccc2C(=O)c2ccc(Cl)c([N+](=O)[O-])c2)c1C. The maximum absolute atomic E-state index is 13.0. The molecule has 0 fully saturated rings. The molecule has 1 amide bonds. The summed E-state index contributed by atoms with van der Waals surface area (Å²) in [4.78, 5) is 36.3. The molecule has 0 saturated carbocycles. The molecule has 0 spiro atoms. The maximum Gasteiger partial charge on any atom is 0.288 e. The molecule has 3 aromatic rings. The predicted molar refractivity (Wildman–Crippen MR) is 112 cm³/mol. The predicted octanol–water partition coefficient (Wildman–Crippen LogP) is 5.35. The molecule has 0 atom stereocenters. The largest absolute Gasteiger partial charge is 0.322 e. The number of carbonyl (C=O) groups excluding carboxylic acids is 2. The Hall–Kier alpha value is -3.51. The number of hydrogen-bond acceptors (Lipinski definition) is 4. The van der Waals surface area contributed by atoms with E-state index in [1.807, 2.05) is 26.0 Å². The second-order valence-electron chi connectivity index (χ2n) is 6.50. The molecule has 0 aliphatic rings. The van der Waals surface area contributed by atoms with E-state index in [9.17, 15) is 19.7 Å². The molecule has 7 heteroatoms. The topological polar surface area (TPSA) is 89.3 Å². The zero-order valence-corrected chi connectivity index (χ0v) is 16.5. The van der Waals surface area contributed by atoms with Crippen molar-refractivity contribution in [1.29, 1.82) is 0 Å². The highest BCUT2D eigenvalue weighted by atomic mass is 35.5. The summed E-state index contributed by atoms with van der Waals surface area (Å²) in [6.07, 6.45) is 0. The molecule has 3 aromatic carbocycles. The lowest BCUT2D eigenvalue weighted by atomic mass is 9.97. The average Bonchev–Trinajstić information content (AvgIpc) is 2.71. The summed E-state index contributed by atoms with van der Waals surface area (Å²) in [5.41, 5.74) is 2.64. The molecule has 1 N–H and O–H groups in total. The summed E-state index contributed by atoms with van der Waals surface area (Å²) in [6, 6.07) is 15.7. The summed E-state index contributed by atoms with van der Waals surface area (Å²) in [6.45, 7) is 3.84. The van der Waals surface area contributed by atoms with E-state index in [0.29, 0.717) is 5.69 Å². The third-order valence-electron chi connectivity index (χ3n) is 4.67. The lowest BCUT2D eigenvalue weighted by Gasteiger charge is -2.12. The Morgan fingerprint density at radius 3 is 2.34 bits per heavy atom. The number of nitrogens with zero attached hydrogens (tertiary/aromatic N) is 1. The van der Waals surface area contributed by atoms with Gasteiger partial charge in [-0.25, -0.2) is 0 Å². The van der Waals surface area contributed by atoms with E-state index < -0.39 is 16.6 Å². The smallest absolute Gasteiger partial charge is 0.288 e.